The molecule has 0 bridgehead atoms. The third-order valence-electron chi connectivity index (χ3n) is 4.17. The van der Waals surface area contributed by atoms with Gasteiger partial charge in [-0.05, 0) is 37.3 Å². The maximum absolute atomic E-state index is 12.7. The second-order valence-corrected chi connectivity index (χ2v) is 7.32. The molecule has 2 aromatic rings. The van der Waals surface area contributed by atoms with Crippen molar-refractivity contribution in [2.75, 3.05) is 6.79 Å². The van der Waals surface area contributed by atoms with Crippen molar-refractivity contribution < 1.29 is 28.5 Å². The van der Waals surface area contributed by atoms with E-state index in [-0.39, 0.29) is 24.1 Å². The number of carbonyl (C=O) groups excluding carboxylic acids is 2. The first-order valence-electron chi connectivity index (χ1n) is 8.39. The highest BCUT2D eigenvalue weighted by Gasteiger charge is 2.29. The van der Waals surface area contributed by atoms with Crippen LogP contribution in [-0.4, -0.2) is 23.9 Å². The number of benzene rings is 2. The quantitative estimate of drug-likeness (QED) is 0.318. The molecule has 0 fully saturated rings. The summed E-state index contributed by atoms with van der Waals surface area (Å²) < 4.78 is 21.7. The molecular weight excluding hydrogens is 407 g/mol. The van der Waals surface area contributed by atoms with Gasteiger partial charge >= 0.3 is 5.97 Å². The summed E-state index contributed by atoms with van der Waals surface area (Å²) in [6.07, 6.45) is 1.57. The average molecular weight is 421 g/mol. The molecule has 2 heterocycles. The van der Waals surface area contributed by atoms with Crippen LogP contribution in [0.5, 0.6) is 17.2 Å². The third kappa shape index (κ3) is 3.58. The van der Waals surface area contributed by atoms with Gasteiger partial charge in [-0.2, -0.15) is 0 Å². The fraction of sp³-hybridized carbons (Fsp3) is 0.200. The first kappa shape index (κ1) is 18.8. The fourth-order valence-electron chi connectivity index (χ4n) is 2.89. The van der Waals surface area contributed by atoms with Crippen LogP contribution < -0.4 is 14.2 Å². The number of fused-ring (bicyclic) bond motifs is 2. The molecule has 4 rings (SSSR count). The summed E-state index contributed by atoms with van der Waals surface area (Å²) in [4.78, 5) is 24.3. The molecule has 6 nitrogen and oxygen atoms in total. The molecule has 2 aliphatic heterocycles. The second-order valence-electron chi connectivity index (χ2n) is 6.23. The molecular formula is C20H14Cl2O6. The molecule has 28 heavy (non-hydrogen) atoms. The van der Waals surface area contributed by atoms with Gasteiger partial charge in [-0.1, -0.05) is 11.6 Å². The minimum absolute atomic E-state index is 0.115. The van der Waals surface area contributed by atoms with Gasteiger partial charge in [0.2, 0.25) is 5.78 Å². The molecule has 144 valence electrons. The molecule has 0 saturated heterocycles. The molecule has 1 atom stereocenters. The molecule has 8 heteroatoms. The zero-order valence-electron chi connectivity index (χ0n) is 14.7. The lowest BCUT2D eigenvalue weighted by molar-refractivity contribution is -0.133. The van der Waals surface area contributed by atoms with E-state index in [0.717, 1.165) is 5.56 Å². The van der Waals surface area contributed by atoms with E-state index in [2.05, 4.69) is 0 Å². The summed E-state index contributed by atoms with van der Waals surface area (Å²) in [5.41, 5.74) is 1.77. The Bertz CT molecular complexity index is 1010. The van der Waals surface area contributed by atoms with Crippen LogP contribution in [0.15, 0.2) is 36.1 Å². The van der Waals surface area contributed by atoms with Crippen molar-refractivity contribution in [3.8, 4) is 17.2 Å². The summed E-state index contributed by atoms with van der Waals surface area (Å²) in [6.45, 7) is 2.00. The Morgan fingerprint density at radius 3 is 2.89 bits per heavy atom. The molecule has 0 radical (unpaired) electrons. The standard InChI is InChI=1S/C20H14Cl2O6/c1-10(21)20(24)27-14-2-3-15-16(7-14)28-17(18(15)23)6-11-4-13(22)5-12-8-25-9-26-19(11)12/h2-7,10H,8-9H2,1H3/b17-6-. The highest BCUT2D eigenvalue weighted by molar-refractivity contribution is 6.31. The van der Waals surface area contributed by atoms with Crippen molar-refractivity contribution in [1.29, 1.82) is 0 Å². The zero-order chi connectivity index (χ0) is 19.8. The Labute approximate surface area is 170 Å². The summed E-state index contributed by atoms with van der Waals surface area (Å²) in [6, 6.07) is 7.97. The van der Waals surface area contributed by atoms with Gasteiger partial charge in [0.05, 0.1) is 12.2 Å². The van der Waals surface area contributed by atoms with Crippen LogP contribution in [0.3, 0.4) is 0 Å². The number of esters is 1. The Morgan fingerprint density at radius 2 is 2.11 bits per heavy atom. The highest BCUT2D eigenvalue weighted by atomic mass is 35.5. The van der Waals surface area contributed by atoms with E-state index < -0.39 is 11.3 Å². The second kappa shape index (κ2) is 7.47. The van der Waals surface area contributed by atoms with Gasteiger partial charge in [0.25, 0.3) is 0 Å². The van der Waals surface area contributed by atoms with E-state index in [0.29, 0.717) is 34.3 Å². The van der Waals surface area contributed by atoms with Crippen LogP contribution in [-0.2, 0) is 16.1 Å². The molecule has 2 aliphatic rings. The lowest BCUT2D eigenvalue weighted by Gasteiger charge is -2.20. The number of alkyl halides is 1. The number of allylic oxidation sites excluding steroid dienone is 1. The van der Waals surface area contributed by atoms with Gasteiger partial charge in [0.1, 0.15) is 22.6 Å². The van der Waals surface area contributed by atoms with Crippen molar-refractivity contribution >= 4 is 41.0 Å². The monoisotopic (exact) mass is 420 g/mol. The lowest BCUT2D eigenvalue weighted by Crippen LogP contribution is -2.17. The van der Waals surface area contributed by atoms with E-state index in [1.54, 1.807) is 18.2 Å². The number of ketones is 1. The minimum atomic E-state index is -0.788. The van der Waals surface area contributed by atoms with Crippen LogP contribution >= 0.6 is 23.2 Å². The van der Waals surface area contributed by atoms with Crippen molar-refractivity contribution in [2.24, 2.45) is 0 Å². The number of Topliss-reactive ketones (excluding diaryl/α,β-unsaturated/α-hetero) is 1. The Hall–Kier alpha value is -2.54. The van der Waals surface area contributed by atoms with Gasteiger partial charge < -0.3 is 18.9 Å². The van der Waals surface area contributed by atoms with Crippen molar-refractivity contribution in [3.05, 3.63) is 57.8 Å². The number of carbonyl (C=O) groups is 2. The number of halogens is 2. The van der Waals surface area contributed by atoms with E-state index in [9.17, 15) is 9.59 Å². The van der Waals surface area contributed by atoms with Gasteiger partial charge in [-0.15, -0.1) is 11.6 Å². The van der Waals surface area contributed by atoms with Crippen LogP contribution in [0, 0.1) is 0 Å². The minimum Gasteiger partial charge on any atom is -0.467 e. The Kier molecular flexibility index (Phi) is 5.02. The summed E-state index contributed by atoms with van der Waals surface area (Å²) in [5.74, 6) is 0.366. The van der Waals surface area contributed by atoms with Crippen LogP contribution in [0.25, 0.3) is 6.08 Å². The average Bonchev–Trinajstić information content (AvgIpc) is 2.96. The van der Waals surface area contributed by atoms with E-state index >= 15 is 0 Å². The van der Waals surface area contributed by atoms with Crippen molar-refractivity contribution in [1.82, 2.24) is 0 Å². The van der Waals surface area contributed by atoms with Gasteiger partial charge in [0.15, 0.2) is 12.6 Å². The van der Waals surface area contributed by atoms with Crippen molar-refractivity contribution in [2.45, 2.75) is 18.9 Å². The molecule has 0 aromatic heterocycles. The maximum atomic E-state index is 12.7. The Balaban J connectivity index is 1.65. The Morgan fingerprint density at radius 1 is 1.29 bits per heavy atom. The van der Waals surface area contributed by atoms with Crippen LogP contribution in [0.2, 0.25) is 5.02 Å². The lowest BCUT2D eigenvalue weighted by atomic mass is 10.1. The molecule has 0 saturated carbocycles. The maximum Gasteiger partial charge on any atom is 0.329 e. The number of hydrogen-bond acceptors (Lipinski definition) is 6. The van der Waals surface area contributed by atoms with Crippen molar-refractivity contribution in [3.63, 3.8) is 0 Å². The van der Waals surface area contributed by atoms with E-state index in [4.69, 9.17) is 42.1 Å². The molecule has 0 spiro atoms. The van der Waals surface area contributed by atoms with Crippen LogP contribution in [0.1, 0.15) is 28.4 Å². The molecule has 1 unspecified atom stereocenters. The molecule has 2 aromatic carbocycles. The predicted molar refractivity (Wildman–Crippen MR) is 102 cm³/mol. The normalized spacial score (nSPS) is 17.4. The van der Waals surface area contributed by atoms with E-state index in [1.807, 2.05) is 0 Å². The zero-order valence-corrected chi connectivity index (χ0v) is 16.2. The largest absolute Gasteiger partial charge is 0.467 e. The highest BCUT2D eigenvalue weighted by Crippen LogP contribution is 2.38. The molecule has 0 N–H and O–H groups in total. The van der Waals surface area contributed by atoms with Gasteiger partial charge in [-0.3, -0.25) is 9.59 Å². The summed E-state index contributed by atoms with van der Waals surface area (Å²) >= 11 is 11.9. The fourth-order valence-corrected chi connectivity index (χ4v) is 3.18. The first-order chi connectivity index (χ1) is 13.4. The van der Waals surface area contributed by atoms with Gasteiger partial charge in [-0.25, -0.2) is 0 Å². The van der Waals surface area contributed by atoms with Gasteiger partial charge in [0, 0.05) is 22.2 Å². The number of hydrogen-bond donors (Lipinski definition) is 0. The smallest absolute Gasteiger partial charge is 0.329 e. The molecule has 0 amide bonds. The van der Waals surface area contributed by atoms with Crippen LogP contribution in [0.4, 0.5) is 0 Å². The molecule has 0 aliphatic carbocycles. The third-order valence-corrected chi connectivity index (χ3v) is 4.57. The number of rotatable bonds is 3. The SMILES string of the molecule is CC(Cl)C(=O)Oc1ccc2c(c1)O/C(=C\c1cc(Cl)cc3c1OCOC3)C2=O. The predicted octanol–water partition coefficient (Wildman–Crippen LogP) is 4.36. The number of ether oxygens (including phenoxy) is 4. The summed E-state index contributed by atoms with van der Waals surface area (Å²) in [7, 11) is 0. The first-order valence-corrected chi connectivity index (χ1v) is 9.21. The van der Waals surface area contributed by atoms with E-state index in [1.165, 1.54) is 25.1 Å². The topological polar surface area (TPSA) is 71.1 Å². The summed E-state index contributed by atoms with van der Waals surface area (Å²) in [5, 5.41) is -0.295.